The van der Waals surface area contributed by atoms with E-state index in [0.29, 0.717) is 26.3 Å². The fourth-order valence-corrected chi connectivity index (χ4v) is 1.73. The van der Waals surface area contributed by atoms with E-state index in [1.165, 1.54) is 0 Å². The maximum absolute atomic E-state index is 11.3. The number of likely N-dealkylation sites (N-methyl/N-ethyl adjacent to an activating group) is 2. The number of rotatable bonds is 13. The van der Waals surface area contributed by atoms with E-state index in [1.807, 2.05) is 38.0 Å². The van der Waals surface area contributed by atoms with Gasteiger partial charge in [-0.25, -0.2) is 9.59 Å². The van der Waals surface area contributed by atoms with Crippen molar-refractivity contribution in [2.24, 2.45) is 0 Å². The molecule has 0 saturated heterocycles. The number of hydrogen-bond donors (Lipinski definition) is 2. The van der Waals surface area contributed by atoms with Crippen LogP contribution >= 0.6 is 0 Å². The van der Waals surface area contributed by atoms with Crippen LogP contribution < -0.4 is 10.6 Å². The molecule has 8 heteroatoms. The third-order valence-corrected chi connectivity index (χ3v) is 3.19. The topological polar surface area (TPSA) is 83.1 Å². The standard InChI is InChI=1S/C16H34N4O4/c1-19(2)11-13-23-15(21)17-9-7-5-6-8-10-18-16(22)24-14-12-20(3)4/h5-14H2,1-4H3,(H,17,21)(H,18,22). The molecule has 0 spiro atoms. The Morgan fingerprint density at radius 3 is 1.42 bits per heavy atom. The molecule has 0 aliphatic rings. The Hall–Kier alpha value is -1.54. The fraction of sp³-hybridized carbons (Fsp3) is 0.875. The Labute approximate surface area is 145 Å². The molecule has 0 heterocycles. The van der Waals surface area contributed by atoms with Gasteiger partial charge in [0.25, 0.3) is 0 Å². The first-order chi connectivity index (χ1) is 11.4. The first kappa shape index (κ1) is 22.5. The zero-order chi connectivity index (χ0) is 18.2. The van der Waals surface area contributed by atoms with Crippen LogP contribution in [-0.2, 0) is 9.47 Å². The average Bonchev–Trinajstić information content (AvgIpc) is 2.49. The molecule has 0 fully saturated rings. The van der Waals surface area contributed by atoms with E-state index < -0.39 is 0 Å². The van der Waals surface area contributed by atoms with Crippen molar-refractivity contribution >= 4 is 12.2 Å². The first-order valence-corrected chi connectivity index (χ1v) is 8.52. The number of nitrogens with zero attached hydrogens (tertiary/aromatic N) is 2. The molecule has 0 aliphatic carbocycles. The number of ether oxygens (including phenoxy) is 2. The molecule has 24 heavy (non-hydrogen) atoms. The molecule has 0 rings (SSSR count). The zero-order valence-corrected chi connectivity index (χ0v) is 15.6. The average molecular weight is 346 g/mol. The van der Waals surface area contributed by atoms with Gasteiger partial charge < -0.3 is 29.9 Å². The second-order valence-electron chi connectivity index (χ2n) is 6.15. The molecule has 0 atom stereocenters. The molecule has 0 aromatic rings. The van der Waals surface area contributed by atoms with Crippen LogP contribution in [0, 0.1) is 0 Å². The molecule has 0 aromatic carbocycles. The lowest BCUT2D eigenvalue weighted by Crippen LogP contribution is -2.29. The summed E-state index contributed by atoms with van der Waals surface area (Å²) in [5.74, 6) is 0. The smallest absolute Gasteiger partial charge is 0.407 e. The van der Waals surface area contributed by atoms with Gasteiger partial charge in [0.05, 0.1) is 0 Å². The lowest BCUT2D eigenvalue weighted by atomic mass is 10.2. The van der Waals surface area contributed by atoms with Crippen LogP contribution in [0.25, 0.3) is 0 Å². The van der Waals surface area contributed by atoms with Crippen molar-refractivity contribution in [1.29, 1.82) is 0 Å². The molecule has 0 saturated carbocycles. The van der Waals surface area contributed by atoms with E-state index in [1.54, 1.807) is 0 Å². The summed E-state index contributed by atoms with van der Waals surface area (Å²) in [6.45, 7) is 3.46. The summed E-state index contributed by atoms with van der Waals surface area (Å²) in [5.41, 5.74) is 0. The van der Waals surface area contributed by atoms with Gasteiger partial charge in [-0.3, -0.25) is 0 Å². The summed E-state index contributed by atoms with van der Waals surface area (Å²) in [4.78, 5) is 26.6. The van der Waals surface area contributed by atoms with Gasteiger partial charge in [0.15, 0.2) is 0 Å². The van der Waals surface area contributed by atoms with E-state index in [2.05, 4.69) is 10.6 Å². The molecule has 0 aromatic heterocycles. The van der Waals surface area contributed by atoms with Gasteiger partial charge >= 0.3 is 12.2 Å². The third kappa shape index (κ3) is 16.8. The maximum atomic E-state index is 11.3. The monoisotopic (exact) mass is 346 g/mol. The lowest BCUT2D eigenvalue weighted by molar-refractivity contribution is 0.135. The Kier molecular flexibility index (Phi) is 14.1. The highest BCUT2D eigenvalue weighted by Gasteiger charge is 2.02. The van der Waals surface area contributed by atoms with E-state index in [-0.39, 0.29) is 12.2 Å². The molecule has 0 aliphatic heterocycles. The Balaban J connectivity index is 3.30. The molecule has 0 radical (unpaired) electrons. The SMILES string of the molecule is CN(C)CCOC(=O)NCCCCCCNC(=O)OCCN(C)C. The van der Waals surface area contributed by atoms with Crippen molar-refractivity contribution in [1.82, 2.24) is 20.4 Å². The summed E-state index contributed by atoms with van der Waals surface area (Å²) < 4.78 is 10.0. The zero-order valence-electron chi connectivity index (χ0n) is 15.6. The van der Waals surface area contributed by atoms with Crippen LogP contribution in [0.1, 0.15) is 25.7 Å². The third-order valence-electron chi connectivity index (χ3n) is 3.19. The highest BCUT2D eigenvalue weighted by atomic mass is 16.6. The highest BCUT2D eigenvalue weighted by Crippen LogP contribution is 1.98. The van der Waals surface area contributed by atoms with E-state index >= 15 is 0 Å². The predicted molar refractivity (Wildman–Crippen MR) is 94.3 cm³/mol. The van der Waals surface area contributed by atoms with Gasteiger partial charge in [-0.2, -0.15) is 0 Å². The minimum Gasteiger partial charge on any atom is -0.448 e. The first-order valence-electron chi connectivity index (χ1n) is 8.52. The van der Waals surface area contributed by atoms with Crippen LogP contribution in [-0.4, -0.2) is 89.6 Å². The second kappa shape index (κ2) is 15.0. The number of unbranched alkanes of at least 4 members (excludes halogenated alkanes) is 3. The summed E-state index contributed by atoms with van der Waals surface area (Å²) in [6.07, 6.45) is 3.06. The molecule has 142 valence electrons. The van der Waals surface area contributed by atoms with E-state index in [4.69, 9.17) is 9.47 Å². The van der Waals surface area contributed by atoms with Crippen LogP contribution in [0.2, 0.25) is 0 Å². The minimum absolute atomic E-state index is 0.362. The van der Waals surface area contributed by atoms with E-state index in [9.17, 15) is 9.59 Å². The molecule has 2 amide bonds. The predicted octanol–water partition coefficient (Wildman–Crippen LogP) is 1.12. The van der Waals surface area contributed by atoms with Crippen molar-refractivity contribution in [3.05, 3.63) is 0 Å². The summed E-state index contributed by atoms with van der Waals surface area (Å²) in [5, 5.41) is 5.45. The number of carbonyl (C=O) groups is 2. The second-order valence-corrected chi connectivity index (χ2v) is 6.15. The van der Waals surface area contributed by atoms with Gasteiger partial charge in [-0.15, -0.1) is 0 Å². The Morgan fingerprint density at radius 2 is 1.08 bits per heavy atom. The number of nitrogens with one attached hydrogen (secondary N) is 2. The number of carbonyl (C=O) groups excluding carboxylic acids is 2. The van der Waals surface area contributed by atoms with Crippen LogP contribution in [0.15, 0.2) is 0 Å². The van der Waals surface area contributed by atoms with Gasteiger partial charge in [-0.05, 0) is 41.0 Å². The molecule has 0 unspecified atom stereocenters. The van der Waals surface area contributed by atoms with Gasteiger partial charge in [0, 0.05) is 26.2 Å². The summed E-state index contributed by atoms with van der Waals surface area (Å²) >= 11 is 0. The number of alkyl carbamates (subject to hydrolysis) is 2. The molecular formula is C16H34N4O4. The summed E-state index contributed by atoms with van der Waals surface area (Å²) in [7, 11) is 7.72. The number of amides is 2. The molecule has 2 N–H and O–H groups in total. The quantitative estimate of drug-likeness (QED) is 0.486. The lowest BCUT2D eigenvalue weighted by Gasteiger charge is -2.11. The van der Waals surface area contributed by atoms with Gasteiger partial charge in [-0.1, -0.05) is 12.8 Å². The maximum Gasteiger partial charge on any atom is 0.407 e. The Morgan fingerprint density at radius 1 is 0.708 bits per heavy atom. The number of hydrogen-bond acceptors (Lipinski definition) is 6. The normalized spacial score (nSPS) is 10.8. The minimum atomic E-state index is -0.362. The van der Waals surface area contributed by atoms with Crippen molar-refractivity contribution < 1.29 is 19.1 Å². The van der Waals surface area contributed by atoms with Gasteiger partial charge in [0.1, 0.15) is 13.2 Å². The van der Waals surface area contributed by atoms with Crippen molar-refractivity contribution in [2.75, 3.05) is 67.6 Å². The molecule has 0 bridgehead atoms. The Bertz CT molecular complexity index is 306. The van der Waals surface area contributed by atoms with Crippen LogP contribution in [0.3, 0.4) is 0 Å². The highest BCUT2D eigenvalue weighted by molar-refractivity contribution is 5.67. The largest absolute Gasteiger partial charge is 0.448 e. The van der Waals surface area contributed by atoms with Crippen molar-refractivity contribution in [2.45, 2.75) is 25.7 Å². The van der Waals surface area contributed by atoms with E-state index in [0.717, 1.165) is 38.8 Å². The van der Waals surface area contributed by atoms with Gasteiger partial charge in [0.2, 0.25) is 0 Å². The van der Waals surface area contributed by atoms with Crippen molar-refractivity contribution in [3.63, 3.8) is 0 Å². The van der Waals surface area contributed by atoms with Crippen LogP contribution in [0.5, 0.6) is 0 Å². The fourth-order valence-electron chi connectivity index (χ4n) is 1.73. The van der Waals surface area contributed by atoms with Crippen LogP contribution in [0.4, 0.5) is 9.59 Å². The van der Waals surface area contributed by atoms with Crippen molar-refractivity contribution in [3.8, 4) is 0 Å². The molecule has 8 nitrogen and oxygen atoms in total. The molecular weight excluding hydrogens is 312 g/mol. The summed E-state index contributed by atoms with van der Waals surface area (Å²) in [6, 6.07) is 0.